The van der Waals surface area contributed by atoms with Crippen LogP contribution in [-0.4, -0.2) is 31.8 Å². The Bertz CT molecular complexity index is 610. The summed E-state index contributed by atoms with van der Waals surface area (Å²) < 4.78 is 49.0. The lowest BCUT2D eigenvalue weighted by atomic mass is 9.81. The molecule has 0 radical (unpaired) electrons. The van der Waals surface area contributed by atoms with Gasteiger partial charge in [-0.25, -0.2) is 0 Å². The van der Waals surface area contributed by atoms with E-state index in [0.717, 1.165) is 11.3 Å². The smallest absolute Gasteiger partial charge is 0.391 e. The first-order valence-corrected chi connectivity index (χ1v) is 8.66. The molecule has 3 rings (SSSR count). The highest BCUT2D eigenvalue weighted by Crippen LogP contribution is 2.39. The Balaban J connectivity index is 1.43. The van der Waals surface area contributed by atoms with Crippen LogP contribution in [0.3, 0.4) is 0 Å². The monoisotopic (exact) mass is 357 g/mol. The Labute approximate surface area is 144 Å². The number of nitrogens with one attached hydrogen (secondary N) is 1. The van der Waals surface area contributed by atoms with Crippen LogP contribution < -0.4 is 14.8 Å². The maximum absolute atomic E-state index is 12.7. The highest BCUT2D eigenvalue weighted by Gasteiger charge is 2.42. The largest absolute Gasteiger partial charge is 0.486 e. The Morgan fingerprint density at radius 2 is 1.76 bits per heavy atom. The molecule has 1 aromatic carbocycles. The van der Waals surface area contributed by atoms with Crippen molar-refractivity contribution in [3.05, 3.63) is 23.8 Å². The van der Waals surface area contributed by atoms with E-state index in [1.807, 2.05) is 18.2 Å². The molecule has 0 unspecified atom stereocenters. The average molecular weight is 357 g/mol. The second-order valence-corrected chi connectivity index (χ2v) is 6.61. The Morgan fingerprint density at radius 3 is 2.44 bits per heavy atom. The number of carbonyl (C=O) groups excluding carboxylic acids is 1. The number of alkyl halides is 3. The minimum absolute atomic E-state index is 0.0454. The molecule has 1 heterocycles. The van der Waals surface area contributed by atoms with Crippen LogP contribution in [0.2, 0.25) is 0 Å². The number of hydrogen-bond acceptors (Lipinski definition) is 3. The minimum atomic E-state index is -4.14. The minimum Gasteiger partial charge on any atom is -0.486 e. The van der Waals surface area contributed by atoms with Crippen LogP contribution in [0.5, 0.6) is 11.5 Å². The Hall–Kier alpha value is -1.92. The summed E-state index contributed by atoms with van der Waals surface area (Å²) in [6.07, 6.45) is -2.80. The van der Waals surface area contributed by atoms with Crippen LogP contribution in [0, 0.1) is 11.8 Å². The van der Waals surface area contributed by atoms with Crippen molar-refractivity contribution in [1.29, 1.82) is 0 Å². The average Bonchev–Trinajstić information content (AvgIpc) is 2.61. The van der Waals surface area contributed by atoms with Crippen molar-refractivity contribution in [2.75, 3.05) is 19.8 Å². The lowest BCUT2D eigenvalue weighted by Gasteiger charge is -2.29. The zero-order valence-corrected chi connectivity index (χ0v) is 13.9. The molecule has 1 amide bonds. The number of halogens is 3. The Morgan fingerprint density at radius 1 is 1.08 bits per heavy atom. The Kier molecular flexibility index (Phi) is 5.39. The number of benzene rings is 1. The third kappa shape index (κ3) is 4.58. The number of carbonyl (C=O) groups is 1. The molecular formula is C18H22F3NO3. The quantitative estimate of drug-likeness (QED) is 0.897. The first kappa shape index (κ1) is 17.9. The maximum atomic E-state index is 12.7. The zero-order chi connectivity index (χ0) is 17.9. The number of ether oxygens (including phenoxy) is 2. The standard InChI is InChI=1S/C18H22F3NO3/c19-18(20,21)14-4-2-13(3-5-14)17(23)22-8-7-12-1-6-15-16(11-12)25-10-9-24-15/h1,6,11,13-14H,2-5,7-10H2,(H,22,23). The van der Waals surface area contributed by atoms with Crippen LogP contribution in [0.25, 0.3) is 0 Å². The predicted octanol–water partition coefficient (Wildman–Crippen LogP) is 3.49. The van der Waals surface area contributed by atoms with E-state index in [1.165, 1.54) is 0 Å². The van der Waals surface area contributed by atoms with E-state index in [9.17, 15) is 18.0 Å². The predicted molar refractivity (Wildman–Crippen MR) is 85.6 cm³/mol. The van der Waals surface area contributed by atoms with Gasteiger partial charge in [0.05, 0.1) is 5.92 Å². The van der Waals surface area contributed by atoms with Gasteiger partial charge in [-0.1, -0.05) is 6.07 Å². The third-order valence-electron chi connectivity index (χ3n) is 4.88. The summed E-state index contributed by atoms with van der Waals surface area (Å²) in [5, 5.41) is 2.84. The molecule has 1 N–H and O–H groups in total. The third-order valence-corrected chi connectivity index (χ3v) is 4.88. The summed E-state index contributed by atoms with van der Waals surface area (Å²) in [5.41, 5.74) is 1.02. The maximum Gasteiger partial charge on any atom is 0.391 e. The summed E-state index contributed by atoms with van der Waals surface area (Å²) in [7, 11) is 0. The van der Waals surface area contributed by atoms with Gasteiger partial charge in [-0.3, -0.25) is 4.79 Å². The summed E-state index contributed by atoms with van der Waals surface area (Å²) in [5.74, 6) is -0.271. The van der Waals surface area contributed by atoms with Crippen molar-refractivity contribution in [1.82, 2.24) is 5.32 Å². The first-order chi connectivity index (χ1) is 11.9. The molecule has 1 saturated carbocycles. The van der Waals surface area contributed by atoms with Gasteiger partial charge in [0.25, 0.3) is 0 Å². The SMILES string of the molecule is O=C(NCCc1ccc2c(c1)OCCO2)C1CCC(C(F)(F)F)CC1. The number of hydrogen-bond donors (Lipinski definition) is 1. The van der Waals surface area contributed by atoms with Gasteiger partial charge in [-0.05, 0) is 49.8 Å². The molecule has 0 atom stereocenters. The summed E-state index contributed by atoms with van der Waals surface area (Å²) in [4.78, 5) is 12.1. The summed E-state index contributed by atoms with van der Waals surface area (Å²) in [6, 6.07) is 5.67. The molecule has 138 valence electrons. The van der Waals surface area contributed by atoms with E-state index in [2.05, 4.69) is 5.32 Å². The molecule has 0 bridgehead atoms. The first-order valence-electron chi connectivity index (χ1n) is 8.66. The van der Waals surface area contributed by atoms with Gasteiger partial charge < -0.3 is 14.8 Å². The molecule has 0 spiro atoms. The fraction of sp³-hybridized carbons (Fsp3) is 0.611. The van der Waals surface area contributed by atoms with Crippen LogP contribution in [0.15, 0.2) is 18.2 Å². The van der Waals surface area contributed by atoms with Gasteiger partial charge in [0.2, 0.25) is 5.91 Å². The van der Waals surface area contributed by atoms with Crippen LogP contribution in [0.1, 0.15) is 31.2 Å². The van der Waals surface area contributed by atoms with Crippen LogP contribution >= 0.6 is 0 Å². The van der Waals surface area contributed by atoms with Crippen molar-refractivity contribution in [3.8, 4) is 11.5 Å². The summed E-state index contributed by atoms with van der Waals surface area (Å²) >= 11 is 0. The highest BCUT2D eigenvalue weighted by molar-refractivity contribution is 5.78. The van der Waals surface area contributed by atoms with E-state index < -0.39 is 12.1 Å². The molecule has 25 heavy (non-hydrogen) atoms. The molecule has 1 fully saturated rings. The molecule has 1 aromatic rings. The van der Waals surface area contributed by atoms with Crippen LogP contribution in [-0.2, 0) is 11.2 Å². The topological polar surface area (TPSA) is 47.6 Å². The number of rotatable bonds is 4. The van der Waals surface area contributed by atoms with Gasteiger partial charge in [0.15, 0.2) is 11.5 Å². The van der Waals surface area contributed by atoms with E-state index in [0.29, 0.717) is 44.8 Å². The molecule has 1 aliphatic heterocycles. The second-order valence-electron chi connectivity index (χ2n) is 6.61. The molecule has 2 aliphatic rings. The van der Waals surface area contributed by atoms with Gasteiger partial charge in [0, 0.05) is 12.5 Å². The fourth-order valence-corrected chi connectivity index (χ4v) is 3.40. The van der Waals surface area contributed by atoms with Crippen molar-refractivity contribution < 1.29 is 27.4 Å². The number of amides is 1. The molecular weight excluding hydrogens is 335 g/mol. The van der Waals surface area contributed by atoms with Gasteiger partial charge in [-0.15, -0.1) is 0 Å². The molecule has 4 nitrogen and oxygen atoms in total. The van der Waals surface area contributed by atoms with E-state index in [4.69, 9.17) is 9.47 Å². The van der Waals surface area contributed by atoms with E-state index >= 15 is 0 Å². The van der Waals surface area contributed by atoms with Crippen molar-refractivity contribution >= 4 is 5.91 Å². The van der Waals surface area contributed by atoms with Crippen molar-refractivity contribution in [2.45, 2.75) is 38.3 Å². The molecule has 1 aliphatic carbocycles. The zero-order valence-electron chi connectivity index (χ0n) is 13.9. The lowest BCUT2D eigenvalue weighted by Crippen LogP contribution is -2.36. The number of fused-ring (bicyclic) bond motifs is 1. The van der Waals surface area contributed by atoms with Gasteiger partial charge in [-0.2, -0.15) is 13.2 Å². The molecule has 7 heteroatoms. The van der Waals surface area contributed by atoms with E-state index in [1.54, 1.807) is 0 Å². The van der Waals surface area contributed by atoms with Crippen molar-refractivity contribution in [3.63, 3.8) is 0 Å². The summed E-state index contributed by atoms with van der Waals surface area (Å²) in [6.45, 7) is 1.52. The highest BCUT2D eigenvalue weighted by atomic mass is 19.4. The normalized spacial score (nSPS) is 23.2. The van der Waals surface area contributed by atoms with Crippen molar-refractivity contribution in [2.24, 2.45) is 11.8 Å². The molecule has 0 aromatic heterocycles. The molecule has 0 saturated heterocycles. The second kappa shape index (κ2) is 7.54. The van der Waals surface area contributed by atoms with Gasteiger partial charge in [0.1, 0.15) is 13.2 Å². The van der Waals surface area contributed by atoms with Crippen LogP contribution in [0.4, 0.5) is 13.2 Å². The van der Waals surface area contributed by atoms with E-state index in [-0.39, 0.29) is 24.7 Å². The lowest BCUT2D eigenvalue weighted by molar-refractivity contribution is -0.184. The fourth-order valence-electron chi connectivity index (χ4n) is 3.40. The van der Waals surface area contributed by atoms with Gasteiger partial charge >= 0.3 is 6.18 Å².